The summed E-state index contributed by atoms with van der Waals surface area (Å²) >= 11 is 0. The maximum absolute atomic E-state index is 11.3. The van der Waals surface area contributed by atoms with Crippen LogP contribution in [0.4, 0.5) is 0 Å². The molecule has 1 aromatic heterocycles. The molecule has 0 amide bonds. The Hall–Kier alpha value is -2.49. The third-order valence-electron chi connectivity index (χ3n) is 2.59. The Morgan fingerprint density at radius 1 is 1.22 bits per heavy atom. The number of hydrogen-bond acceptors (Lipinski definition) is 3. The second kappa shape index (κ2) is 4.79. The van der Waals surface area contributed by atoms with Crippen molar-refractivity contribution < 1.29 is 14.7 Å². The van der Waals surface area contributed by atoms with Gasteiger partial charge in [0.05, 0.1) is 5.52 Å². The van der Waals surface area contributed by atoms with Crippen LogP contribution in [0.1, 0.15) is 12.5 Å². The van der Waals surface area contributed by atoms with Gasteiger partial charge >= 0.3 is 5.97 Å². The summed E-state index contributed by atoms with van der Waals surface area (Å²) in [5, 5.41) is 9.79. The first-order valence-electron chi connectivity index (χ1n) is 5.39. The Balaban J connectivity index is 2.64. The quantitative estimate of drug-likeness (QED) is 0.508. The first-order valence-corrected chi connectivity index (χ1v) is 5.39. The number of carbonyl (C=O) groups is 2. The van der Waals surface area contributed by atoms with Gasteiger partial charge in [0.1, 0.15) is 5.57 Å². The zero-order valence-corrected chi connectivity index (χ0v) is 9.75. The number of aromatic nitrogens is 1. The third-order valence-corrected chi connectivity index (χ3v) is 2.59. The van der Waals surface area contributed by atoms with Crippen LogP contribution >= 0.6 is 0 Å². The zero-order valence-electron chi connectivity index (χ0n) is 9.75. The van der Waals surface area contributed by atoms with Crippen LogP contribution in [-0.4, -0.2) is 21.8 Å². The van der Waals surface area contributed by atoms with Crippen molar-refractivity contribution in [1.82, 2.24) is 4.98 Å². The summed E-state index contributed by atoms with van der Waals surface area (Å²) in [6.45, 7) is 1.24. The maximum Gasteiger partial charge on any atom is 0.339 e. The van der Waals surface area contributed by atoms with E-state index in [1.54, 1.807) is 12.3 Å². The predicted molar refractivity (Wildman–Crippen MR) is 68.0 cm³/mol. The van der Waals surface area contributed by atoms with Gasteiger partial charge in [-0.15, -0.1) is 0 Å². The van der Waals surface area contributed by atoms with E-state index in [0.717, 1.165) is 10.9 Å². The number of para-hydroxylation sites is 1. The molecule has 4 nitrogen and oxygen atoms in total. The molecule has 0 bridgehead atoms. The van der Waals surface area contributed by atoms with E-state index in [2.05, 4.69) is 4.98 Å². The second-order valence-corrected chi connectivity index (χ2v) is 3.84. The number of hydrogen-bond donors (Lipinski definition) is 1. The van der Waals surface area contributed by atoms with Gasteiger partial charge in [0.25, 0.3) is 0 Å². The van der Waals surface area contributed by atoms with Crippen LogP contribution in [0.3, 0.4) is 0 Å². The summed E-state index contributed by atoms with van der Waals surface area (Å²) < 4.78 is 0. The number of fused-ring (bicyclic) bond motifs is 1. The smallest absolute Gasteiger partial charge is 0.339 e. The SMILES string of the molecule is CC(=O)/C(=C/c1ccnc2ccccc12)C(=O)O. The highest BCUT2D eigenvalue weighted by molar-refractivity contribution is 6.19. The van der Waals surface area contributed by atoms with Gasteiger partial charge in [0.2, 0.25) is 0 Å². The average Bonchev–Trinajstić information content (AvgIpc) is 2.35. The molecule has 0 unspecified atom stereocenters. The van der Waals surface area contributed by atoms with E-state index >= 15 is 0 Å². The summed E-state index contributed by atoms with van der Waals surface area (Å²) in [6.07, 6.45) is 2.97. The molecule has 1 heterocycles. The van der Waals surface area contributed by atoms with Gasteiger partial charge < -0.3 is 5.11 Å². The molecule has 0 spiro atoms. The van der Waals surface area contributed by atoms with Crippen molar-refractivity contribution in [2.24, 2.45) is 0 Å². The Kier molecular flexibility index (Phi) is 3.19. The lowest BCUT2D eigenvalue weighted by Gasteiger charge is -2.02. The molecular weight excluding hydrogens is 230 g/mol. The number of Topliss-reactive ketones (excluding diaryl/α,β-unsaturated/α-hetero) is 1. The van der Waals surface area contributed by atoms with Gasteiger partial charge in [0.15, 0.2) is 5.78 Å². The fourth-order valence-electron chi connectivity index (χ4n) is 1.71. The van der Waals surface area contributed by atoms with Gasteiger partial charge in [-0.3, -0.25) is 9.78 Å². The van der Waals surface area contributed by atoms with Crippen molar-refractivity contribution >= 4 is 28.7 Å². The van der Waals surface area contributed by atoms with Gasteiger partial charge in [0, 0.05) is 11.6 Å². The molecule has 0 aliphatic heterocycles. The average molecular weight is 241 g/mol. The fraction of sp³-hybridized carbons (Fsp3) is 0.0714. The molecule has 1 aromatic carbocycles. The Bertz CT molecular complexity index is 638. The number of carbonyl (C=O) groups excluding carboxylic acids is 1. The van der Waals surface area contributed by atoms with E-state index in [1.807, 2.05) is 24.3 Å². The van der Waals surface area contributed by atoms with Crippen LogP contribution in [-0.2, 0) is 9.59 Å². The van der Waals surface area contributed by atoms with Crippen LogP contribution in [0.2, 0.25) is 0 Å². The third kappa shape index (κ3) is 2.27. The molecule has 90 valence electrons. The number of benzene rings is 1. The number of ketones is 1. The van der Waals surface area contributed by atoms with E-state index in [9.17, 15) is 9.59 Å². The molecule has 0 aliphatic carbocycles. The fourth-order valence-corrected chi connectivity index (χ4v) is 1.71. The lowest BCUT2D eigenvalue weighted by Crippen LogP contribution is -2.08. The minimum Gasteiger partial charge on any atom is -0.478 e. The first-order chi connectivity index (χ1) is 8.59. The molecule has 0 radical (unpaired) electrons. The molecule has 2 aromatic rings. The van der Waals surface area contributed by atoms with Crippen LogP contribution in [0.15, 0.2) is 42.1 Å². The van der Waals surface area contributed by atoms with Crippen molar-refractivity contribution in [3.05, 3.63) is 47.7 Å². The summed E-state index contributed by atoms with van der Waals surface area (Å²) in [6, 6.07) is 9.06. The Morgan fingerprint density at radius 3 is 2.61 bits per heavy atom. The van der Waals surface area contributed by atoms with E-state index in [0.29, 0.717) is 5.56 Å². The Labute approximate surface area is 104 Å². The number of rotatable bonds is 3. The highest BCUT2D eigenvalue weighted by atomic mass is 16.4. The molecule has 0 aliphatic rings. The molecule has 0 saturated carbocycles. The monoisotopic (exact) mass is 241 g/mol. The number of aliphatic carboxylic acids is 1. The van der Waals surface area contributed by atoms with Crippen molar-refractivity contribution in [2.75, 3.05) is 0 Å². The molecular formula is C14H11NO3. The van der Waals surface area contributed by atoms with E-state index in [-0.39, 0.29) is 5.57 Å². The topological polar surface area (TPSA) is 67.3 Å². The van der Waals surface area contributed by atoms with Crippen LogP contribution < -0.4 is 0 Å². The van der Waals surface area contributed by atoms with Crippen LogP contribution in [0.5, 0.6) is 0 Å². The van der Waals surface area contributed by atoms with Crippen LogP contribution in [0.25, 0.3) is 17.0 Å². The summed E-state index contributed by atoms with van der Waals surface area (Å²) in [7, 11) is 0. The van der Waals surface area contributed by atoms with Crippen molar-refractivity contribution in [3.63, 3.8) is 0 Å². The summed E-state index contributed by atoms with van der Waals surface area (Å²) in [5.74, 6) is -1.69. The van der Waals surface area contributed by atoms with Gasteiger partial charge in [-0.05, 0) is 30.7 Å². The molecule has 0 saturated heterocycles. The molecule has 2 rings (SSSR count). The van der Waals surface area contributed by atoms with E-state index in [1.165, 1.54) is 13.0 Å². The van der Waals surface area contributed by atoms with Gasteiger partial charge in [-0.2, -0.15) is 0 Å². The highest BCUT2D eigenvalue weighted by Gasteiger charge is 2.13. The number of nitrogens with zero attached hydrogens (tertiary/aromatic N) is 1. The van der Waals surface area contributed by atoms with E-state index in [4.69, 9.17) is 5.11 Å². The molecule has 0 atom stereocenters. The minimum absolute atomic E-state index is 0.230. The first kappa shape index (κ1) is 12.0. The number of pyridine rings is 1. The highest BCUT2D eigenvalue weighted by Crippen LogP contribution is 2.19. The largest absolute Gasteiger partial charge is 0.478 e. The summed E-state index contributed by atoms with van der Waals surface area (Å²) in [5.41, 5.74) is 1.21. The Morgan fingerprint density at radius 2 is 1.94 bits per heavy atom. The van der Waals surface area contributed by atoms with Crippen molar-refractivity contribution in [2.45, 2.75) is 6.92 Å². The molecule has 4 heteroatoms. The lowest BCUT2D eigenvalue weighted by molar-refractivity contribution is -0.134. The van der Waals surface area contributed by atoms with Crippen LogP contribution in [0, 0.1) is 0 Å². The van der Waals surface area contributed by atoms with Crippen molar-refractivity contribution in [3.8, 4) is 0 Å². The van der Waals surface area contributed by atoms with Gasteiger partial charge in [-0.1, -0.05) is 18.2 Å². The minimum atomic E-state index is -1.22. The normalized spacial score (nSPS) is 11.5. The zero-order chi connectivity index (χ0) is 13.1. The lowest BCUT2D eigenvalue weighted by atomic mass is 10.0. The van der Waals surface area contributed by atoms with Gasteiger partial charge in [-0.25, -0.2) is 4.79 Å². The molecule has 18 heavy (non-hydrogen) atoms. The van der Waals surface area contributed by atoms with E-state index < -0.39 is 11.8 Å². The number of carboxylic acids is 1. The number of carboxylic acid groups (broad SMARTS) is 1. The molecule has 1 N–H and O–H groups in total. The second-order valence-electron chi connectivity index (χ2n) is 3.84. The van der Waals surface area contributed by atoms with Crippen molar-refractivity contribution in [1.29, 1.82) is 0 Å². The summed E-state index contributed by atoms with van der Waals surface area (Å²) in [4.78, 5) is 26.4. The molecule has 0 fully saturated rings. The maximum atomic E-state index is 11.3. The predicted octanol–water partition coefficient (Wildman–Crippen LogP) is 2.29. The standard InChI is InChI=1S/C14H11NO3/c1-9(16)12(14(17)18)8-10-6-7-15-13-5-3-2-4-11(10)13/h2-8H,1H3,(H,17,18)/b12-8-.